The molecule has 2 aromatic carbocycles. The molecule has 1 atom stereocenters. The highest BCUT2D eigenvalue weighted by Gasteiger charge is 2.26. The van der Waals surface area contributed by atoms with Gasteiger partial charge in [0, 0.05) is 23.4 Å². The highest BCUT2D eigenvalue weighted by Crippen LogP contribution is 2.33. The Morgan fingerprint density at radius 1 is 1.06 bits per heavy atom. The summed E-state index contributed by atoms with van der Waals surface area (Å²) in [5, 5.41) is 25.8. The Balaban J connectivity index is 1.80. The van der Waals surface area contributed by atoms with Crippen molar-refractivity contribution in [2.75, 3.05) is 24.9 Å². The van der Waals surface area contributed by atoms with Crippen LogP contribution < -0.4 is 25.7 Å². The normalized spacial score (nSPS) is 14.8. The number of aliphatic imine (C=N–C) groups is 1. The Hall–Kier alpha value is -4.21. The topological polar surface area (TPSA) is 130 Å². The second kappa shape index (κ2) is 7.90. The number of aromatic nitrogens is 2. The first-order valence-electron chi connectivity index (χ1n) is 9.35. The lowest BCUT2D eigenvalue weighted by molar-refractivity contribution is 0.395. The van der Waals surface area contributed by atoms with Crippen LogP contribution in [0.1, 0.15) is 17.4 Å². The number of rotatable bonds is 4. The third kappa shape index (κ3) is 3.82. The van der Waals surface area contributed by atoms with Gasteiger partial charge in [0.15, 0.2) is 17.7 Å². The van der Waals surface area contributed by atoms with Crippen LogP contribution in [0.3, 0.4) is 0 Å². The summed E-state index contributed by atoms with van der Waals surface area (Å²) in [6.45, 7) is 1.72. The van der Waals surface area contributed by atoms with E-state index in [1.54, 1.807) is 38.3 Å². The van der Waals surface area contributed by atoms with Crippen LogP contribution in [-0.4, -0.2) is 39.9 Å². The Bertz CT molecular complexity index is 1240. The van der Waals surface area contributed by atoms with Crippen molar-refractivity contribution in [1.29, 1.82) is 0 Å². The summed E-state index contributed by atoms with van der Waals surface area (Å²) >= 11 is 0. The van der Waals surface area contributed by atoms with E-state index < -0.39 is 6.17 Å². The minimum atomic E-state index is -0.824. The molecule has 1 unspecified atom stereocenters. The maximum atomic E-state index is 12.7. The van der Waals surface area contributed by atoms with Gasteiger partial charge in [0.25, 0.3) is 5.56 Å². The van der Waals surface area contributed by atoms with E-state index in [1.165, 1.54) is 29.9 Å². The van der Waals surface area contributed by atoms with Crippen LogP contribution in [0.5, 0.6) is 23.0 Å². The quantitative estimate of drug-likeness (QED) is 0.471. The molecule has 0 radical (unpaired) electrons. The van der Waals surface area contributed by atoms with Gasteiger partial charge in [-0.1, -0.05) is 6.07 Å². The lowest BCUT2D eigenvalue weighted by Gasteiger charge is -2.27. The van der Waals surface area contributed by atoms with Gasteiger partial charge < -0.3 is 25.0 Å². The first kappa shape index (κ1) is 20.1. The molecule has 0 amide bonds. The van der Waals surface area contributed by atoms with Crippen LogP contribution in [0.15, 0.2) is 52.3 Å². The van der Waals surface area contributed by atoms with Crippen LogP contribution in [-0.2, 0) is 0 Å². The molecule has 3 aromatic rings. The summed E-state index contributed by atoms with van der Waals surface area (Å²) in [5.41, 5.74) is 1.34. The van der Waals surface area contributed by atoms with E-state index in [1.807, 2.05) is 0 Å². The minimum absolute atomic E-state index is 0.266. The van der Waals surface area contributed by atoms with Gasteiger partial charge in [0.2, 0.25) is 11.9 Å². The van der Waals surface area contributed by atoms with Crippen molar-refractivity contribution in [1.82, 2.24) is 9.55 Å². The Morgan fingerprint density at radius 2 is 1.87 bits per heavy atom. The van der Waals surface area contributed by atoms with E-state index in [0.717, 1.165) is 0 Å². The number of methoxy groups -OCH3 is 2. The number of hydrogen-bond donors (Lipinski definition) is 4. The van der Waals surface area contributed by atoms with E-state index in [-0.39, 0.29) is 23.0 Å². The Kier molecular flexibility index (Phi) is 5.12. The molecule has 1 aliphatic heterocycles. The Morgan fingerprint density at radius 3 is 2.58 bits per heavy atom. The molecule has 1 aliphatic rings. The summed E-state index contributed by atoms with van der Waals surface area (Å²) in [6, 6.07) is 10.9. The average molecular weight is 423 g/mol. The first-order chi connectivity index (χ1) is 14.9. The predicted molar refractivity (Wildman–Crippen MR) is 115 cm³/mol. The van der Waals surface area contributed by atoms with Crippen LogP contribution in [0.25, 0.3) is 0 Å². The fraction of sp³-hybridized carbons (Fsp3) is 0.190. The summed E-state index contributed by atoms with van der Waals surface area (Å²) in [4.78, 5) is 21.7. The number of fused-ring (bicyclic) bond motifs is 1. The van der Waals surface area contributed by atoms with Crippen molar-refractivity contribution < 1.29 is 19.7 Å². The van der Waals surface area contributed by atoms with E-state index in [0.29, 0.717) is 34.4 Å². The molecule has 160 valence electrons. The molecular weight excluding hydrogens is 402 g/mol. The second-order valence-electron chi connectivity index (χ2n) is 6.85. The number of hydrogen-bond acceptors (Lipinski definition) is 9. The zero-order chi connectivity index (χ0) is 22.1. The molecule has 0 fully saturated rings. The van der Waals surface area contributed by atoms with Gasteiger partial charge in [0.1, 0.15) is 11.5 Å². The summed E-state index contributed by atoms with van der Waals surface area (Å²) in [6.07, 6.45) is -0.824. The molecule has 10 heteroatoms. The van der Waals surface area contributed by atoms with Crippen molar-refractivity contribution in [2.45, 2.75) is 13.1 Å². The van der Waals surface area contributed by atoms with E-state index in [2.05, 4.69) is 20.6 Å². The number of phenols is 2. The number of anilines is 2. The number of ether oxygens (including phenoxy) is 2. The maximum Gasteiger partial charge on any atom is 0.257 e. The van der Waals surface area contributed by atoms with Gasteiger partial charge in [0.05, 0.1) is 19.9 Å². The van der Waals surface area contributed by atoms with Crippen LogP contribution in [0.2, 0.25) is 0 Å². The van der Waals surface area contributed by atoms with Gasteiger partial charge in [-0.2, -0.15) is 0 Å². The van der Waals surface area contributed by atoms with Crippen molar-refractivity contribution >= 4 is 17.6 Å². The van der Waals surface area contributed by atoms with Crippen molar-refractivity contribution in [3.63, 3.8) is 0 Å². The van der Waals surface area contributed by atoms with Crippen molar-refractivity contribution in [2.24, 2.45) is 4.99 Å². The average Bonchev–Trinajstić information content (AvgIpc) is 2.75. The third-order valence-corrected chi connectivity index (χ3v) is 4.77. The molecule has 4 N–H and O–H groups in total. The highest BCUT2D eigenvalue weighted by molar-refractivity contribution is 6.04. The fourth-order valence-corrected chi connectivity index (χ4v) is 3.27. The second-order valence-corrected chi connectivity index (χ2v) is 6.85. The number of phenolic OH excluding ortho intramolecular Hbond substituents is 2. The summed E-state index contributed by atoms with van der Waals surface area (Å²) < 4.78 is 12.0. The number of nitrogens with one attached hydrogen (secondary N) is 2. The number of nitrogens with zero attached hydrogens (tertiary/aromatic N) is 3. The van der Waals surface area contributed by atoms with Gasteiger partial charge in [-0.3, -0.25) is 14.7 Å². The van der Waals surface area contributed by atoms with Crippen LogP contribution >= 0.6 is 0 Å². The van der Waals surface area contributed by atoms with Crippen molar-refractivity contribution in [3.8, 4) is 23.0 Å². The number of guanidine groups is 1. The largest absolute Gasteiger partial charge is 0.504 e. The fourth-order valence-electron chi connectivity index (χ4n) is 3.27. The number of aromatic hydroxyl groups is 2. The molecule has 0 spiro atoms. The third-order valence-electron chi connectivity index (χ3n) is 4.77. The van der Waals surface area contributed by atoms with Gasteiger partial charge in [-0.25, -0.2) is 9.98 Å². The molecule has 1 aromatic heterocycles. The van der Waals surface area contributed by atoms with E-state index in [4.69, 9.17) is 9.47 Å². The highest BCUT2D eigenvalue weighted by atomic mass is 16.5. The van der Waals surface area contributed by atoms with Gasteiger partial charge in [-0.15, -0.1) is 0 Å². The standard InChI is InChI=1S/C21H21N5O5/c1-11-8-18(29)26-19(12-4-7-15(27)16(28)9-12)24-20(25-21(26)22-11)23-14-6-5-13(30-2)10-17(14)31-3/h4-10,19,27-28H,1-3H3,(H2,22,23,24,25). The number of aryl methyl sites for hydroxylation is 1. The summed E-state index contributed by atoms with van der Waals surface area (Å²) in [7, 11) is 3.10. The molecule has 4 rings (SSSR count). The molecule has 0 saturated carbocycles. The molecule has 0 aliphatic carbocycles. The Labute approximate surface area is 177 Å². The smallest absolute Gasteiger partial charge is 0.257 e. The van der Waals surface area contributed by atoms with Crippen LogP contribution in [0, 0.1) is 6.92 Å². The number of benzene rings is 2. The molecule has 10 nitrogen and oxygen atoms in total. The zero-order valence-electron chi connectivity index (χ0n) is 17.1. The molecule has 2 heterocycles. The van der Waals surface area contributed by atoms with Crippen molar-refractivity contribution in [3.05, 3.63) is 64.1 Å². The maximum absolute atomic E-state index is 12.7. The lowest BCUT2D eigenvalue weighted by Crippen LogP contribution is -2.37. The molecule has 31 heavy (non-hydrogen) atoms. The summed E-state index contributed by atoms with van der Waals surface area (Å²) in [5.74, 6) is 1.19. The van der Waals surface area contributed by atoms with Gasteiger partial charge in [-0.05, 0) is 31.2 Å². The van der Waals surface area contributed by atoms with E-state index in [9.17, 15) is 15.0 Å². The monoisotopic (exact) mass is 423 g/mol. The first-order valence-corrected chi connectivity index (χ1v) is 9.35. The molecule has 0 bridgehead atoms. The van der Waals surface area contributed by atoms with Crippen LogP contribution in [0.4, 0.5) is 11.6 Å². The van der Waals surface area contributed by atoms with Gasteiger partial charge >= 0.3 is 0 Å². The van der Waals surface area contributed by atoms with E-state index >= 15 is 0 Å². The molecule has 0 saturated heterocycles. The SMILES string of the molecule is COc1ccc(NC2=NC(c3ccc(O)c(O)c3)n3c(nc(C)cc3=O)N2)c(OC)c1. The zero-order valence-corrected chi connectivity index (χ0v) is 17.1. The predicted octanol–water partition coefficient (Wildman–Crippen LogP) is 2.42. The minimum Gasteiger partial charge on any atom is -0.504 e. The lowest BCUT2D eigenvalue weighted by atomic mass is 10.1. The molecular formula is C21H21N5O5.